The summed E-state index contributed by atoms with van der Waals surface area (Å²) in [4.78, 5) is 12.2. The Morgan fingerprint density at radius 3 is 2.54 bits per heavy atom. The van der Waals surface area contributed by atoms with Crippen molar-refractivity contribution in [1.29, 1.82) is 0 Å². The molecule has 3 N–H and O–H groups in total. The average molecular weight is 633 g/mol. The van der Waals surface area contributed by atoms with Crippen molar-refractivity contribution in [2.24, 2.45) is 28.6 Å². The molecule has 0 aliphatic heterocycles. The third kappa shape index (κ3) is 5.45. The maximum atomic E-state index is 12.2. The fraction of sp³-hybridized carbons (Fsp3) is 0.750. The molecule has 7 heteroatoms. The summed E-state index contributed by atoms with van der Waals surface area (Å²) in [6, 6.07) is 0. The first-order valence-corrected chi connectivity index (χ1v) is 13.2. The zero-order valence-corrected chi connectivity index (χ0v) is 26.4. The first-order valence-electron chi connectivity index (χ1n) is 12.7. The topological polar surface area (TPSA) is 78.8 Å². The summed E-state index contributed by atoms with van der Waals surface area (Å²) in [5.41, 5.74) is -0.973. The van der Waals surface area contributed by atoms with E-state index in [1.54, 1.807) is 0 Å². The summed E-state index contributed by atoms with van der Waals surface area (Å²) in [6.45, 7) is 9.04. The minimum absolute atomic E-state index is 0. The number of allylic oxidation sites excluding steroid dienone is 3. The normalized spacial score (nSPS) is 43.9. The molecule has 5 nitrogen and oxygen atoms in total. The van der Waals surface area contributed by atoms with Gasteiger partial charge >= 0.3 is 5.97 Å². The fourth-order valence-electron chi connectivity index (χ4n) is 7.92. The van der Waals surface area contributed by atoms with Crippen molar-refractivity contribution in [1.82, 2.24) is 5.32 Å². The molecule has 0 bridgehead atoms. The van der Waals surface area contributed by atoms with Crippen molar-refractivity contribution in [3.05, 3.63) is 38.7 Å². The van der Waals surface area contributed by atoms with Crippen molar-refractivity contribution in [2.75, 3.05) is 19.7 Å². The molecule has 0 amide bonds. The van der Waals surface area contributed by atoms with Crippen LogP contribution in [0.4, 0.5) is 0 Å². The average Bonchev–Trinajstić information content (AvgIpc) is 3.04. The van der Waals surface area contributed by atoms with E-state index in [1.165, 1.54) is 6.42 Å². The second kappa shape index (κ2) is 12.1. The number of ether oxygens (including phenoxy) is 1. The molecular weight excluding hydrogens is 587 g/mol. The monoisotopic (exact) mass is 632 g/mol. The van der Waals surface area contributed by atoms with Gasteiger partial charge in [0.05, 0.1) is 18.8 Å². The Morgan fingerprint density at radius 1 is 1.20 bits per heavy atom. The van der Waals surface area contributed by atoms with Crippen LogP contribution in [0.25, 0.3) is 0 Å². The molecule has 4 aliphatic rings. The van der Waals surface area contributed by atoms with Gasteiger partial charge in [-0.2, -0.15) is 12.6 Å². The largest absolute Gasteiger partial charge is 0.461 e. The first-order chi connectivity index (χ1) is 15.6. The SMILES string of the molecule is [CH2-]/C=C/CC1(S)CCC2C3C=C[C@@]4(O)CC(OC(=O)CNCCO)CCC4(C)[C@H]3CCC21C.[CH3-].[Pr]. The van der Waals surface area contributed by atoms with Crippen molar-refractivity contribution in [3.63, 3.8) is 0 Å². The number of esters is 1. The van der Waals surface area contributed by atoms with Crippen molar-refractivity contribution < 1.29 is 61.0 Å². The third-order valence-corrected chi connectivity index (χ3v) is 11.0. The molecule has 4 aliphatic carbocycles. The molecule has 0 aromatic rings. The zero-order valence-electron chi connectivity index (χ0n) is 21.8. The molecule has 0 heterocycles. The molecule has 0 aromatic heterocycles. The summed E-state index contributed by atoms with van der Waals surface area (Å²) in [6.07, 6.45) is 15.8. The van der Waals surface area contributed by atoms with Gasteiger partial charge in [-0.05, 0) is 61.7 Å². The Morgan fingerprint density at radius 2 is 1.86 bits per heavy atom. The van der Waals surface area contributed by atoms with E-state index in [0.717, 1.165) is 38.5 Å². The van der Waals surface area contributed by atoms with Crippen LogP contribution in [0.15, 0.2) is 24.3 Å². The van der Waals surface area contributed by atoms with Crippen LogP contribution in [-0.4, -0.2) is 52.3 Å². The van der Waals surface area contributed by atoms with Crippen molar-refractivity contribution in [3.8, 4) is 0 Å². The molecule has 1 radical (unpaired) electrons. The number of rotatable bonds is 7. The molecule has 35 heavy (non-hydrogen) atoms. The Balaban J connectivity index is 0.00000216. The van der Waals surface area contributed by atoms with Crippen LogP contribution in [-0.2, 0) is 9.53 Å². The van der Waals surface area contributed by atoms with Gasteiger partial charge < -0.3 is 27.7 Å². The zero-order chi connectivity index (χ0) is 23.9. The summed E-state index contributed by atoms with van der Waals surface area (Å²) in [5, 5.41) is 23.6. The smallest absolute Gasteiger partial charge is 0.320 e. The molecule has 0 aromatic carbocycles. The molecular formula is C28H45NO4PrS-2. The number of thiol groups is 1. The Labute approximate surface area is 251 Å². The first kappa shape index (κ1) is 31.6. The second-order valence-electron chi connectivity index (χ2n) is 11.4. The summed E-state index contributed by atoms with van der Waals surface area (Å²) < 4.78 is 5.69. The van der Waals surface area contributed by atoms with Gasteiger partial charge in [-0.15, -0.1) is 0 Å². The Kier molecular flexibility index (Phi) is 10.9. The predicted octanol–water partition coefficient (Wildman–Crippen LogP) is 4.31. The molecule has 4 rings (SSSR count). The van der Waals surface area contributed by atoms with E-state index in [9.17, 15) is 9.90 Å². The maximum absolute atomic E-state index is 12.2. The molecule has 0 spiro atoms. The minimum atomic E-state index is -0.948. The van der Waals surface area contributed by atoms with Crippen LogP contribution >= 0.6 is 12.6 Å². The number of aliphatic hydroxyl groups excluding tert-OH is 1. The van der Waals surface area contributed by atoms with Gasteiger partial charge in [-0.25, -0.2) is 19.1 Å². The molecule has 197 valence electrons. The Hall–Kier alpha value is 0.414. The Bertz CT molecular complexity index is 808. The van der Waals surface area contributed by atoms with Gasteiger partial charge in [-0.3, -0.25) is 4.79 Å². The molecule has 6 unspecified atom stereocenters. The van der Waals surface area contributed by atoms with Crippen LogP contribution < -0.4 is 5.32 Å². The second-order valence-corrected chi connectivity index (χ2v) is 12.3. The van der Waals surface area contributed by atoms with E-state index in [2.05, 4.69) is 44.3 Å². The number of carbonyl (C=O) groups is 1. The van der Waals surface area contributed by atoms with Crippen molar-refractivity contribution in [2.45, 2.75) is 81.7 Å². The van der Waals surface area contributed by atoms with E-state index >= 15 is 0 Å². The quantitative estimate of drug-likeness (QED) is 0.111. The number of nitrogens with one attached hydrogen (secondary N) is 1. The number of fused-ring (bicyclic) bond motifs is 5. The third-order valence-electron chi connectivity index (χ3n) is 10.1. The van der Waals surface area contributed by atoms with Gasteiger partial charge in [0.1, 0.15) is 6.10 Å². The van der Waals surface area contributed by atoms with Gasteiger partial charge in [-0.1, -0.05) is 32.4 Å². The van der Waals surface area contributed by atoms with Crippen LogP contribution in [0.3, 0.4) is 0 Å². The van der Waals surface area contributed by atoms with Crippen LogP contribution in [0.5, 0.6) is 0 Å². The van der Waals surface area contributed by atoms with Crippen molar-refractivity contribution >= 4 is 18.6 Å². The van der Waals surface area contributed by atoms with E-state index in [0.29, 0.717) is 30.7 Å². The molecule has 3 fully saturated rings. The number of aliphatic hydroxyl groups is 2. The summed E-state index contributed by atoms with van der Waals surface area (Å²) in [5.74, 6) is 1.16. The minimum Gasteiger partial charge on any atom is -0.461 e. The van der Waals surface area contributed by atoms with Gasteiger partial charge in [0.15, 0.2) is 0 Å². The number of carbonyl (C=O) groups excluding carboxylic acids is 1. The number of hydrogen-bond acceptors (Lipinski definition) is 6. The molecule has 0 saturated heterocycles. The molecule has 8 atom stereocenters. The number of hydrogen-bond donors (Lipinski definition) is 4. The maximum Gasteiger partial charge on any atom is 0.320 e. The van der Waals surface area contributed by atoms with E-state index in [4.69, 9.17) is 22.5 Å². The summed E-state index contributed by atoms with van der Waals surface area (Å²) in [7, 11) is 0. The van der Waals surface area contributed by atoms with Crippen LogP contribution in [0.2, 0.25) is 0 Å². The van der Waals surface area contributed by atoms with Crippen LogP contribution in [0, 0.1) is 84.2 Å². The van der Waals surface area contributed by atoms with Crippen LogP contribution in [0.1, 0.15) is 65.2 Å². The van der Waals surface area contributed by atoms with Gasteiger partial charge in [0.25, 0.3) is 0 Å². The van der Waals surface area contributed by atoms with E-state index in [-0.39, 0.29) is 89.5 Å². The fourth-order valence-corrected chi connectivity index (χ4v) is 8.44. The van der Waals surface area contributed by atoms with E-state index in [1.807, 2.05) is 6.08 Å². The van der Waals surface area contributed by atoms with E-state index < -0.39 is 5.60 Å². The van der Waals surface area contributed by atoms with Gasteiger partial charge in [0.2, 0.25) is 0 Å². The van der Waals surface area contributed by atoms with Gasteiger partial charge in [0, 0.05) is 64.4 Å². The standard InChI is InChI=1S/C27H42NO4S.CH3.Pr/c1-4-5-10-27(33)14-9-22-20-7-13-26(31)17-19(32-23(30)18-28-15-16-29)6-11-24(26,2)21(20)8-12-25(22,27)3;;/h4-5,7,13,19-22,28-29,31,33H,1,6,8-12,14-18H2,2-3H3;1H3;/q2*-1;/b5-4+;;/t19?,20?,21-,22?,24?,25?,26+,27?;;/m0../s1. The summed E-state index contributed by atoms with van der Waals surface area (Å²) >= 11 is 5.26. The predicted molar refractivity (Wildman–Crippen MR) is 140 cm³/mol. The molecule has 3 saturated carbocycles.